The molecule has 0 aromatic carbocycles. The zero-order chi connectivity index (χ0) is 10.8. The predicted molar refractivity (Wildman–Crippen MR) is 55.8 cm³/mol. The van der Waals surface area contributed by atoms with Gasteiger partial charge in [-0.25, -0.2) is 0 Å². The summed E-state index contributed by atoms with van der Waals surface area (Å²) in [5, 5.41) is 15.9. The third-order valence-corrected chi connectivity index (χ3v) is 3.23. The molecule has 15 heavy (non-hydrogen) atoms. The fraction of sp³-hybridized carbons (Fsp3) is 0.636. The van der Waals surface area contributed by atoms with Crippen molar-refractivity contribution in [2.24, 2.45) is 0 Å². The summed E-state index contributed by atoms with van der Waals surface area (Å²) in [6.45, 7) is 1.66. The molecule has 0 aliphatic heterocycles. The van der Waals surface area contributed by atoms with Crippen molar-refractivity contribution in [1.29, 1.82) is 0 Å². The molecule has 2 N–H and O–H groups in total. The molecule has 1 unspecified atom stereocenters. The van der Waals surface area contributed by atoms with Crippen molar-refractivity contribution < 1.29 is 9.90 Å². The van der Waals surface area contributed by atoms with E-state index in [4.69, 9.17) is 5.11 Å². The Hall–Kier alpha value is -1.32. The Labute approximate surface area is 88.7 Å². The van der Waals surface area contributed by atoms with Crippen LogP contribution in [0.1, 0.15) is 55.8 Å². The average molecular weight is 208 g/mol. The van der Waals surface area contributed by atoms with E-state index in [1.807, 2.05) is 6.07 Å². The van der Waals surface area contributed by atoms with Gasteiger partial charge in [0.2, 0.25) is 0 Å². The van der Waals surface area contributed by atoms with Crippen LogP contribution in [0.2, 0.25) is 0 Å². The molecule has 1 saturated carbocycles. The van der Waals surface area contributed by atoms with Gasteiger partial charge in [-0.15, -0.1) is 0 Å². The zero-order valence-corrected chi connectivity index (χ0v) is 8.86. The maximum absolute atomic E-state index is 10.8. The van der Waals surface area contributed by atoms with Crippen molar-refractivity contribution >= 4 is 5.97 Å². The number of hydrogen-bond acceptors (Lipinski definition) is 2. The summed E-state index contributed by atoms with van der Waals surface area (Å²) in [7, 11) is 0. The Morgan fingerprint density at radius 3 is 2.87 bits per heavy atom. The Kier molecular flexibility index (Phi) is 2.75. The summed E-state index contributed by atoms with van der Waals surface area (Å²) >= 11 is 0. The normalized spacial score (nSPS) is 19.3. The third-order valence-electron chi connectivity index (χ3n) is 3.23. The molecule has 4 heteroatoms. The Balaban J connectivity index is 2.12. The number of nitrogens with one attached hydrogen (secondary N) is 1. The molecule has 1 aromatic rings. The van der Waals surface area contributed by atoms with Crippen molar-refractivity contribution in [3.63, 3.8) is 0 Å². The summed E-state index contributed by atoms with van der Waals surface area (Å²) in [6, 6.07) is 1.91. The van der Waals surface area contributed by atoms with Gasteiger partial charge < -0.3 is 5.11 Å². The molecule has 1 aliphatic carbocycles. The van der Waals surface area contributed by atoms with E-state index in [1.54, 1.807) is 6.92 Å². The molecule has 0 spiro atoms. The molecular formula is C11H16N2O2. The fourth-order valence-electron chi connectivity index (χ4n) is 2.15. The second-order valence-electron chi connectivity index (χ2n) is 4.29. The van der Waals surface area contributed by atoms with E-state index in [0.717, 1.165) is 5.69 Å². The number of carboxylic acid groups (broad SMARTS) is 1. The van der Waals surface area contributed by atoms with Crippen LogP contribution < -0.4 is 0 Å². The largest absolute Gasteiger partial charge is 0.481 e. The maximum Gasteiger partial charge on any atom is 0.312 e. The smallest absolute Gasteiger partial charge is 0.312 e. The quantitative estimate of drug-likeness (QED) is 0.800. The molecular weight excluding hydrogens is 192 g/mol. The van der Waals surface area contributed by atoms with Gasteiger partial charge in [0.15, 0.2) is 0 Å². The monoisotopic (exact) mass is 208 g/mol. The molecule has 4 nitrogen and oxygen atoms in total. The van der Waals surface area contributed by atoms with E-state index in [-0.39, 0.29) is 0 Å². The van der Waals surface area contributed by atoms with Crippen LogP contribution in [-0.4, -0.2) is 21.3 Å². The van der Waals surface area contributed by atoms with E-state index in [0.29, 0.717) is 11.6 Å². The maximum atomic E-state index is 10.8. The molecule has 1 atom stereocenters. The van der Waals surface area contributed by atoms with Crippen molar-refractivity contribution in [2.45, 2.75) is 44.4 Å². The van der Waals surface area contributed by atoms with Gasteiger partial charge in [-0.3, -0.25) is 9.89 Å². The van der Waals surface area contributed by atoms with Crippen LogP contribution in [0.5, 0.6) is 0 Å². The number of aromatic nitrogens is 2. The number of hydrogen-bond donors (Lipinski definition) is 2. The second-order valence-corrected chi connectivity index (χ2v) is 4.29. The van der Waals surface area contributed by atoms with E-state index in [2.05, 4.69) is 10.2 Å². The first-order valence-corrected chi connectivity index (χ1v) is 5.46. The van der Waals surface area contributed by atoms with E-state index < -0.39 is 11.9 Å². The number of H-pyrrole nitrogens is 1. The van der Waals surface area contributed by atoms with Gasteiger partial charge in [-0.05, 0) is 25.8 Å². The van der Waals surface area contributed by atoms with Crippen LogP contribution >= 0.6 is 0 Å². The number of aliphatic carboxylic acids is 1. The number of nitrogens with zero attached hydrogens (tertiary/aromatic N) is 1. The molecule has 0 amide bonds. The first-order valence-electron chi connectivity index (χ1n) is 5.46. The summed E-state index contributed by atoms with van der Waals surface area (Å²) < 4.78 is 0. The van der Waals surface area contributed by atoms with E-state index >= 15 is 0 Å². The molecule has 0 radical (unpaired) electrons. The molecule has 2 rings (SSSR count). The molecule has 0 bridgehead atoms. The minimum absolute atomic E-state index is 0.517. The summed E-state index contributed by atoms with van der Waals surface area (Å²) in [4.78, 5) is 10.8. The van der Waals surface area contributed by atoms with E-state index in [9.17, 15) is 4.79 Å². The minimum Gasteiger partial charge on any atom is -0.481 e. The first-order chi connectivity index (χ1) is 7.18. The lowest BCUT2D eigenvalue weighted by Gasteiger charge is -2.03. The number of aromatic amines is 1. The first kappa shape index (κ1) is 10.2. The van der Waals surface area contributed by atoms with Crippen molar-refractivity contribution in [3.8, 4) is 0 Å². The van der Waals surface area contributed by atoms with E-state index in [1.165, 1.54) is 25.7 Å². The SMILES string of the molecule is CC(C(=O)O)c1cc(C2CCCC2)[nH]n1. The predicted octanol–water partition coefficient (Wildman–Crippen LogP) is 2.26. The van der Waals surface area contributed by atoms with Crippen LogP contribution in [0.25, 0.3) is 0 Å². The fourth-order valence-corrected chi connectivity index (χ4v) is 2.15. The van der Waals surface area contributed by atoms with Crippen molar-refractivity contribution in [1.82, 2.24) is 10.2 Å². The van der Waals surface area contributed by atoms with Gasteiger partial charge >= 0.3 is 5.97 Å². The zero-order valence-electron chi connectivity index (χ0n) is 8.86. The summed E-state index contributed by atoms with van der Waals surface area (Å²) in [5.41, 5.74) is 1.75. The number of carbonyl (C=O) groups is 1. The van der Waals surface area contributed by atoms with Crippen LogP contribution in [0.15, 0.2) is 6.07 Å². The van der Waals surface area contributed by atoms with Gasteiger partial charge in [-0.1, -0.05) is 12.8 Å². The second kappa shape index (κ2) is 4.04. The lowest BCUT2D eigenvalue weighted by molar-refractivity contribution is -0.138. The van der Waals surface area contributed by atoms with Gasteiger partial charge in [0.05, 0.1) is 11.6 Å². The average Bonchev–Trinajstić information content (AvgIpc) is 2.86. The van der Waals surface area contributed by atoms with Gasteiger partial charge in [0, 0.05) is 11.6 Å². The molecule has 0 saturated heterocycles. The summed E-state index contributed by atoms with van der Waals surface area (Å²) in [5.74, 6) is -0.775. The Morgan fingerprint density at radius 2 is 2.27 bits per heavy atom. The van der Waals surface area contributed by atoms with Crippen LogP contribution in [0.4, 0.5) is 0 Å². The third kappa shape index (κ3) is 2.03. The topological polar surface area (TPSA) is 66.0 Å². The molecule has 1 fully saturated rings. The van der Waals surface area contributed by atoms with Crippen LogP contribution in [-0.2, 0) is 4.79 Å². The molecule has 1 aromatic heterocycles. The van der Waals surface area contributed by atoms with Crippen molar-refractivity contribution in [3.05, 3.63) is 17.5 Å². The number of rotatable bonds is 3. The molecule has 1 heterocycles. The number of carboxylic acids is 1. The Bertz CT molecular complexity index is 353. The highest BCUT2D eigenvalue weighted by atomic mass is 16.4. The lowest BCUT2D eigenvalue weighted by Crippen LogP contribution is -2.07. The van der Waals surface area contributed by atoms with Crippen LogP contribution in [0.3, 0.4) is 0 Å². The van der Waals surface area contributed by atoms with Gasteiger partial charge in [0.25, 0.3) is 0 Å². The lowest BCUT2D eigenvalue weighted by atomic mass is 10.0. The summed E-state index contributed by atoms with van der Waals surface area (Å²) in [6.07, 6.45) is 4.94. The standard InChI is InChI=1S/C11H16N2O2/c1-7(11(14)15)9-6-10(13-12-9)8-4-2-3-5-8/h6-8H,2-5H2,1H3,(H,12,13)(H,14,15). The van der Waals surface area contributed by atoms with Gasteiger partial charge in [0.1, 0.15) is 0 Å². The van der Waals surface area contributed by atoms with Crippen LogP contribution in [0, 0.1) is 0 Å². The Morgan fingerprint density at radius 1 is 1.60 bits per heavy atom. The highest BCUT2D eigenvalue weighted by molar-refractivity contribution is 5.74. The molecule has 82 valence electrons. The minimum atomic E-state index is -0.820. The van der Waals surface area contributed by atoms with Gasteiger partial charge in [-0.2, -0.15) is 5.10 Å². The molecule has 1 aliphatic rings. The van der Waals surface area contributed by atoms with Crippen molar-refractivity contribution in [2.75, 3.05) is 0 Å². The highest BCUT2D eigenvalue weighted by Crippen LogP contribution is 2.33. The highest BCUT2D eigenvalue weighted by Gasteiger charge is 2.22.